The summed E-state index contributed by atoms with van der Waals surface area (Å²) in [5.74, 6) is 0. The standard InChI is InChI=1S/C14H21NO2S/c1-11-6-3-4-9-14(11)15-12-7-5-8-13(10-12)18(2,16)17/h3-4,6,9,12-13,15H,5,7-8,10H2,1-2H3. The summed E-state index contributed by atoms with van der Waals surface area (Å²) < 4.78 is 23.2. The lowest BCUT2D eigenvalue weighted by Gasteiger charge is -2.29. The van der Waals surface area contributed by atoms with Crippen molar-refractivity contribution < 1.29 is 8.42 Å². The smallest absolute Gasteiger partial charge is 0.150 e. The fourth-order valence-corrected chi connectivity index (χ4v) is 3.80. The van der Waals surface area contributed by atoms with Gasteiger partial charge < -0.3 is 5.32 Å². The minimum atomic E-state index is -2.90. The van der Waals surface area contributed by atoms with E-state index in [2.05, 4.69) is 24.4 Å². The van der Waals surface area contributed by atoms with Crippen molar-refractivity contribution in [2.45, 2.75) is 43.9 Å². The van der Waals surface area contributed by atoms with Crippen molar-refractivity contribution in [2.24, 2.45) is 0 Å². The molecule has 0 radical (unpaired) electrons. The molecule has 1 aromatic carbocycles. The Labute approximate surface area is 110 Å². The van der Waals surface area contributed by atoms with Gasteiger partial charge in [-0.25, -0.2) is 8.42 Å². The second kappa shape index (κ2) is 5.31. The third-order valence-electron chi connectivity index (χ3n) is 3.74. The van der Waals surface area contributed by atoms with Gasteiger partial charge in [0.05, 0.1) is 5.25 Å². The summed E-state index contributed by atoms with van der Waals surface area (Å²) in [6, 6.07) is 8.42. The predicted octanol–water partition coefficient (Wildman–Crippen LogP) is 2.76. The van der Waals surface area contributed by atoms with Gasteiger partial charge in [-0.15, -0.1) is 0 Å². The second-order valence-corrected chi connectivity index (χ2v) is 7.60. The molecule has 0 aliphatic heterocycles. The Kier molecular flexibility index (Phi) is 3.95. The molecule has 1 fully saturated rings. The van der Waals surface area contributed by atoms with Crippen LogP contribution in [0.2, 0.25) is 0 Å². The molecule has 0 spiro atoms. The number of anilines is 1. The van der Waals surface area contributed by atoms with Crippen molar-refractivity contribution in [1.29, 1.82) is 0 Å². The summed E-state index contributed by atoms with van der Waals surface area (Å²) in [6.07, 6.45) is 4.94. The number of rotatable bonds is 3. The highest BCUT2D eigenvalue weighted by Crippen LogP contribution is 2.27. The molecule has 1 saturated carbocycles. The largest absolute Gasteiger partial charge is 0.382 e. The molecule has 4 heteroatoms. The third-order valence-corrected chi connectivity index (χ3v) is 5.38. The van der Waals surface area contributed by atoms with Crippen molar-refractivity contribution in [2.75, 3.05) is 11.6 Å². The summed E-state index contributed by atoms with van der Waals surface area (Å²) in [6.45, 7) is 2.07. The van der Waals surface area contributed by atoms with Gasteiger partial charge in [0, 0.05) is 18.0 Å². The average Bonchev–Trinajstić information content (AvgIpc) is 2.31. The number of hydrogen-bond acceptors (Lipinski definition) is 3. The van der Waals surface area contributed by atoms with Crippen molar-refractivity contribution in [3.63, 3.8) is 0 Å². The zero-order chi connectivity index (χ0) is 13.2. The van der Waals surface area contributed by atoms with Gasteiger partial charge in [0.2, 0.25) is 0 Å². The topological polar surface area (TPSA) is 46.2 Å². The van der Waals surface area contributed by atoms with E-state index in [1.165, 1.54) is 11.8 Å². The summed E-state index contributed by atoms with van der Waals surface area (Å²) >= 11 is 0. The molecule has 100 valence electrons. The molecule has 1 aromatic rings. The van der Waals surface area contributed by atoms with E-state index < -0.39 is 9.84 Å². The van der Waals surface area contributed by atoms with Crippen LogP contribution in [0.5, 0.6) is 0 Å². The molecule has 2 atom stereocenters. The van der Waals surface area contributed by atoms with Crippen molar-refractivity contribution in [3.05, 3.63) is 29.8 Å². The highest BCUT2D eigenvalue weighted by molar-refractivity contribution is 7.91. The minimum absolute atomic E-state index is 0.173. The maximum atomic E-state index is 11.6. The Morgan fingerprint density at radius 2 is 1.94 bits per heavy atom. The zero-order valence-electron chi connectivity index (χ0n) is 11.0. The Morgan fingerprint density at radius 3 is 2.61 bits per heavy atom. The summed E-state index contributed by atoms with van der Waals surface area (Å²) in [5, 5.41) is 3.31. The molecule has 1 N–H and O–H groups in total. The van der Waals surface area contributed by atoms with E-state index in [1.807, 2.05) is 12.1 Å². The molecule has 2 unspecified atom stereocenters. The van der Waals surface area contributed by atoms with Crippen LogP contribution in [0.15, 0.2) is 24.3 Å². The maximum absolute atomic E-state index is 11.6. The van der Waals surface area contributed by atoms with E-state index in [9.17, 15) is 8.42 Å². The lowest BCUT2D eigenvalue weighted by atomic mass is 9.94. The molecule has 2 rings (SSSR count). The van der Waals surface area contributed by atoms with Crippen LogP contribution in [0.4, 0.5) is 5.69 Å². The first-order valence-electron chi connectivity index (χ1n) is 6.48. The third kappa shape index (κ3) is 3.25. The van der Waals surface area contributed by atoms with Crippen LogP contribution in [0.25, 0.3) is 0 Å². The lowest BCUT2D eigenvalue weighted by molar-refractivity contribution is 0.453. The number of para-hydroxylation sites is 1. The Bertz CT molecular complexity index is 510. The number of hydrogen-bond donors (Lipinski definition) is 1. The molecule has 18 heavy (non-hydrogen) atoms. The quantitative estimate of drug-likeness (QED) is 0.916. The Balaban J connectivity index is 2.05. The second-order valence-electron chi connectivity index (χ2n) is 5.27. The van der Waals surface area contributed by atoms with Crippen LogP contribution in [0.1, 0.15) is 31.2 Å². The molecule has 0 heterocycles. The minimum Gasteiger partial charge on any atom is -0.382 e. The van der Waals surface area contributed by atoms with Crippen LogP contribution in [0, 0.1) is 6.92 Å². The van der Waals surface area contributed by atoms with Crippen LogP contribution in [0.3, 0.4) is 0 Å². The molecule has 1 aliphatic carbocycles. The van der Waals surface area contributed by atoms with Crippen LogP contribution >= 0.6 is 0 Å². The van der Waals surface area contributed by atoms with Gasteiger partial charge >= 0.3 is 0 Å². The molecule has 0 bridgehead atoms. The first-order chi connectivity index (χ1) is 8.47. The summed E-state index contributed by atoms with van der Waals surface area (Å²) in [4.78, 5) is 0. The van der Waals surface area contributed by atoms with Gasteiger partial charge in [-0.2, -0.15) is 0 Å². The molecular formula is C14H21NO2S. The highest BCUT2D eigenvalue weighted by Gasteiger charge is 2.28. The van der Waals surface area contributed by atoms with Gasteiger partial charge in [0.15, 0.2) is 0 Å². The van der Waals surface area contributed by atoms with Crippen molar-refractivity contribution in [3.8, 4) is 0 Å². The fraction of sp³-hybridized carbons (Fsp3) is 0.571. The number of nitrogens with one attached hydrogen (secondary N) is 1. The van der Waals surface area contributed by atoms with E-state index in [0.29, 0.717) is 0 Å². The molecule has 0 amide bonds. The van der Waals surface area contributed by atoms with Crippen molar-refractivity contribution in [1.82, 2.24) is 0 Å². The number of benzene rings is 1. The van der Waals surface area contributed by atoms with Crippen molar-refractivity contribution >= 4 is 15.5 Å². The predicted molar refractivity (Wildman–Crippen MR) is 75.7 cm³/mol. The van der Waals surface area contributed by atoms with Crippen LogP contribution in [-0.2, 0) is 9.84 Å². The molecule has 3 nitrogen and oxygen atoms in total. The van der Waals surface area contributed by atoms with Gasteiger partial charge in [-0.3, -0.25) is 0 Å². The van der Waals surface area contributed by atoms with E-state index in [0.717, 1.165) is 31.4 Å². The van der Waals surface area contributed by atoms with Crippen LogP contribution < -0.4 is 5.32 Å². The summed E-state index contributed by atoms with van der Waals surface area (Å²) in [7, 11) is -2.90. The van der Waals surface area contributed by atoms with E-state index in [4.69, 9.17) is 0 Å². The average molecular weight is 267 g/mol. The zero-order valence-corrected chi connectivity index (χ0v) is 11.8. The van der Waals surface area contributed by atoms with Gasteiger partial charge in [0.1, 0.15) is 9.84 Å². The normalized spacial score (nSPS) is 24.8. The molecule has 0 saturated heterocycles. The maximum Gasteiger partial charge on any atom is 0.150 e. The SMILES string of the molecule is Cc1ccccc1NC1CCCC(S(C)(=O)=O)C1. The van der Waals surface area contributed by atoms with Gasteiger partial charge in [-0.05, 0) is 37.8 Å². The Hall–Kier alpha value is -1.03. The van der Waals surface area contributed by atoms with Crippen LogP contribution in [-0.4, -0.2) is 26.0 Å². The van der Waals surface area contributed by atoms with E-state index in [1.54, 1.807) is 0 Å². The first kappa shape index (κ1) is 13.4. The molecule has 1 aliphatic rings. The highest BCUT2D eigenvalue weighted by atomic mass is 32.2. The molecule has 0 aromatic heterocycles. The fourth-order valence-electron chi connectivity index (χ4n) is 2.62. The summed E-state index contributed by atoms with van der Waals surface area (Å²) in [5.41, 5.74) is 2.33. The van der Waals surface area contributed by atoms with Gasteiger partial charge in [-0.1, -0.05) is 24.6 Å². The number of aryl methyl sites for hydroxylation is 1. The first-order valence-corrected chi connectivity index (χ1v) is 8.43. The number of sulfone groups is 1. The lowest BCUT2D eigenvalue weighted by Crippen LogP contribution is -2.34. The Morgan fingerprint density at radius 1 is 1.22 bits per heavy atom. The monoisotopic (exact) mass is 267 g/mol. The van der Waals surface area contributed by atoms with Gasteiger partial charge in [0.25, 0.3) is 0 Å². The molecular weight excluding hydrogens is 246 g/mol. The van der Waals surface area contributed by atoms with E-state index in [-0.39, 0.29) is 11.3 Å². The van der Waals surface area contributed by atoms with E-state index >= 15 is 0 Å².